The van der Waals surface area contributed by atoms with E-state index in [0.29, 0.717) is 0 Å². The van der Waals surface area contributed by atoms with Crippen molar-refractivity contribution in [3.8, 4) is 0 Å². The van der Waals surface area contributed by atoms with Gasteiger partial charge in [-0.1, -0.05) is 30.3 Å². The summed E-state index contributed by atoms with van der Waals surface area (Å²) in [5.74, 6) is -1.34. The molecule has 2 saturated heterocycles. The van der Waals surface area contributed by atoms with Crippen LogP contribution in [-0.2, 0) is 19.1 Å². The van der Waals surface area contributed by atoms with Crippen molar-refractivity contribution >= 4 is 17.8 Å². The number of carbonyl (C=O) groups is 3. The Morgan fingerprint density at radius 3 is 2.28 bits per heavy atom. The van der Waals surface area contributed by atoms with E-state index < -0.39 is 29.6 Å². The Hall–Kier alpha value is -2.41. The molecule has 3 unspecified atom stereocenters. The van der Waals surface area contributed by atoms with E-state index in [1.54, 1.807) is 20.8 Å². The lowest BCUT2D eigenvalue weighted by molar-refractivity contribution is -0.164. The number of hydrogen-bond donors (Lipinski definition) is 1. The highest BCUT2D eigenvalue weighted by molar-refractivity contribution is 5.90. The molecule has 7 heteroatoms. The molecule has 0 spiro atoms. The maximum Gasteiger partial charge on any atom is 0.329 e. The van der Waals surface area contributed by atoms with Crippen LogP contribution in [0, 0.1) is 5.92 Å². The summed E-state index contributed by atoms with van der Waals surface area (Å²) >= 11 is 0. The molecule has 3 rings (SSSR count). The SMILES string of the molecule is CC(C)(C)OC(=O)C1CC(C(=O)N2CCCC2)C(c2ccccc2)N1C(=O)CN. The van der Waals surface area contributed by atoms with Crippen LogP contribution >= 0.6 is 0 Å². The lowest BCUT2D eigenvalue weighted by Crippen LogP contribution is -2.47. The molecule has 2 N–H and O–H groups in total. The van der Waals surface area contributed by atoms with E-state index in [2.05, 4.69) is 0 Å². The Labute approximate surface area is 172 Å². The summed E-state index contributed by atoms with van der Waals surface area (Å²) < 4.78 is 5.59. The van der Waals surface area contributed by atoms with Crippen LogP contribution < -0.4 is 5.73 Å². The van der Waals surface area contributed by atoms with Crippen molar-refractivity contribution in [2.45, 2.75) is 57.7 Å². The van der Waals surface area contributed by atoms with E-state index in [0.717, 1.165) is 31.5 Å². The molecule has 2 heterocycles. The summed E-state index contributed by atoms with van der Waals surface area (Å²) in [4.78, 5) is 42.5. The second-order valence-corrected chi connectivity index (χ2v) is 8.78. The van der Waals surface area contributed by atoms with E-state index in [9.17, 15) is 14.4 Å². The van der Waals surface area contributed by atoms with E-state index in [4.69, 9.17) is 10.5 Å². The van der Waals surface area contributed by atoms with Crippen LogP contribution in [0.4, 0.5) is 0 Å². The van der Waals surface area contributed by atoms with Gasteiger partial charge in [-0.15, -0.1) is 0 Å². The summed E-state index contributed by atoms with van der Waals surface area (Å²) in [6.45, 7) is 6.58. The number of amides is 2. The summed E-state index contributed by atoms with van der Waals surface area (Å²) in [7, 11) is 0. The van der Waals surface area contributed by atoms with Crippen molar-refractivity contribution in [1.82, 2.24) is 9.80 Å². The second-order valence-electron chi connectivity index (χ2n) is 8.78. The van der Waals surface area contributed by atoms with Crippen molar-refractivity contribution in [3.05, 3.63) is 35.9 Å². The molecule has 0 bridgehead atoms. The first kappa shape index (κ1) is 21.3. The van der Waals surface area contributed by atoms with Crippen molar-refractivity contribution < 1.29 is 19.1 Å². The lowest BCUT2D eigenvalue weighted by atomic mass is 9.91. The Morgan fingerprint density at radius 2 is 1.72 bits per heavy atom. The van der Waals surface area contributed by atoms with Gasteiger partial charge < -0.3 is 20.3 Å². The number of carbonyl (C=O) groups excluding carboxylic acids is 3. The van der Waals surface area contributed by atoms with Crippen LogP contribution in [0.3, 0.4) is 0 Å². The molecular weight excluding hydrogens is 370 g/mol. The summed E-state index contributed by atoms with van der Waals surface area (Å²) in [6, 6.07) is 8.06. The molecule has 1 aromatic rings. The Balaban J connectivity index is 2.00. The van der Waals surface area contributed by atoms with Crippen LogP contribution in [-0.4, -0.2) is 58.9 Å². The van der Waals surface area contributed by atoms with Gasteiger partial charge in [0, 0.05) is 13.1 Å². The molecule has 3 atom stereocenters. The smallest absolute Gasteiger partial charge is 0.329 e. The van der Waals surface area contributed by atoms with Crippen molar-refractivity contribution in [2.24, 2.45) is 11.7 Å². The number of likely N-dealkylation sites (tertiary alicyclic amines) is 2. The fourth-order valence-corrected chi connectivity index (χ4v) is 4.34. The molecule has 0 radical (unpaired) electrons. The molecular formula is C22H31N3O4. The van der Waals surface area contributed by atoms with Gasteiger partial charge in [0.05, 0.1) is 18.5 Å². The highest BCUT2D eigenvalue weighted by Gasteiger charge is 2.52. The van der Waals surface area contributed by atoms with Crippen molar-refractivity contribution in [3.63, 3.8) is 0 Å². The average molecular weight is 402 g/mol. The van der Waals surface area contributed by atoms with Gasteiger partial charge in [0.2, 0.25) is 11.8 Å². The molecule has 0 aromatic heterocycles. The van der Waals surface area contributed by atoms with E-state index >= 15 is 0 Å². The third kappa shape index (κ3) is 4.61. The zero-order valence-corrected chi connectivity index (χ0v) is 17.5. The van der Waals surface area contributed by atoms with Crippen molar-refractivity contribution in [2.75, 3.05) is 19.6 Å². The third-order valence-corrected chi connectivity index (χ3v) is 5.51. The maximum atomic E-state index is 13.3. The molecule has 1 aromatic carbocycles. The molecule has 158 valence electrons. The quantitative estimate of drug-likeness (QED) is 0.778. The fraction of sp³-hybridized carbons (Fsp3) is 0.591. The Morgan fingerprint density at radius 1 is 1.10 bits per heavy atom. The first-order valence-corrected chi connectivity index (χ1v) is 10.3. The van der Waals surface area contributed by atoms with E-state index in [1.165, 1.54) is 4.90 Å². The largest absolute Gasteiger partial charge is 0.458 e. The highest BCUT2D eigenvalue weighted by Crippen LogP contribution is 2.43. The number of nitrogens with two attached hydrogens (primary N) is 1. The molecule has 0 aliphatic carbocycles. The minimum atomic E-state index is -0.827. The molecule has 2 fully saturated rings. The molecule has 2 aliphatic rings. The minimum Gasteiger partial charge on any atom is -0.458 e. The number of esters is 1. The van der Waals surface area contributed by atoms with E-state index in [1.807, 2.05) is 35.2 Å². The number of ether oxygens (including phenoxy) is 1. The molecule has 2 aliphatic heterocycles. The second kappa shape index (κ2) is 8.53. The number of hydrogen-bond acceptors (Lipinski definition) is 5. The summed E-state index contributed by atoms with van der Waals surface area (Å²) in [5, 5.41) is 0. The minimum absolute atomic E-state index is 0.00256. The van der Waals surface area contributed by atoms with Gasteiger partial charge in [-0.3, -0.25) is 9.59 Å². The van der Waals surface area contributed by atoms with Gasteiger partial charge in [0.1, 0.15) is 11.6 Å². The van der Waals surface area contributed by atoms with Gasteiger partial charge in [-0.25, -0.2) is 4.79 Å². The van der Waals surface area contributed by atoms with Gasteiger partial charge in [0.25, 0.3) is 0 Å². The molecule has 7 nitrogen and oxygen atoms in total. The number of nitrogens with zero attached hydrogens (tertiary/aromatic N) is 2. The topological polar surface area (TPSA) is 92.9 Å². The standard InChI is InChI=1S/C22H31N3O4/c1-22(2,3)29-21(28)17-13-16(20(27)24-11-7-8-12-24)19(25(17)18(26)14-23)15-9-5-4-6-10-15/h4-6,9-10,16-17,19H,7-8,11-14,23H2,1-3H3. The maximum absolute atomic E-state index is 13.3. The van der Waals surface area contributed by atoms with Gasteiger partial charge in [0.15, 0.2) is 0 Å². The molecule has 2 amide bonds. The molecule has 29 heavy (non-hydrogen) atoms. The van der Waals surface area contributed by atoms with Crippen LogP contribution in [0.15, 0.2) is 30.3 Å². The average Bonchev–Trinajstić information content (AvgIpc) is 3.34. The first-order valence-electron chi connectivity index (χ1n) is 10.3. The molecule has 0 saturated carbocycles. The van der Waals surface area contributed by atoms with Crippen LogP contribution in [0.1, 0.15) is 51.6 Å². The fourth-order valence-electron chi connectivity index (χ4n) is 4.34. The highest BCUT2D eigenvalue weighted by atomic mass is 16.6. The predicted octanol–water partition coefficient (Wildman–Crippen LogP) is 1.87. The normalized spacial score (nSPS) is 24.6. The van der Waals surface area contributed by atoms with E-state index in [-0.39, 0.29) is 24.8 Å². The van der Waals surface area contributed by atoms with Gasteiger partial charge in [-0.05, 0) is 45.6 Å². The number of benzene rings is 1. The van der Waals surface area contributed by atoms with Gasteiger partial charge in [-0.2, -0.15) is 0 Å². The summed E-state index contributed by atoms with van der Waals surface area (Å²) in [5.41, 5.74) is 5.83. The zero-order chi connectivity index (χ0) is 21.2. The number of rotatable bonds is 4. The van der Waals surface area contributed by atoms with Crippen LogP contribution in [0.25, 0.3) is 0 Å². The predicted molar refractivity (Wildman–Crippen MR) is 109 cm³/mol. The first-order chi connectivity index (χ1) is 13.7. The van der Waals surface area contributed by atoms with Gasteiger partial charge >= 0.3 is 5.97 Å². The monoisotopic (exact) mass is 401 g/mol. The van der Waals surface area contributed by atoms with Crippen LogP contribution in [0.2, 0.25) is 0 Å². The Kier molecular flexibility index (Phi) is 6.27. The Bertz CT molecular complexity index is 753. The zero-order valence-electron chi connectivity index (χ0n) is 17.5. The third-order valence-electron chi connectivity index (χ3n) is 5.51. The summed E-state index contributed by atoms with van der Waals surface area (Å²) in [6.07, 6.45) is 2.21. The van der Waals surface area contributed by atoms with Crippen LogP contribution in [0.5, 0.6) is 0 Å². The lowest BCUT2D eigenvalue weighted by Gasteiger charge is -2.32. The van der Waals surface area contributed by atoms with Crippen molar-refractivity contribution in [1.29, 1.82) is 0 Å².